The Morgan fingerprint density at radius 1 is 1.40 bits per heavy atom. The van der Waals surface area contributed by atoms with Gasteiger partial charge in [0.05, 0.1) is 9.88 Å². The van der Waals surface area contributed by atoms with Crippen LogP contribution in [0.1, 0.15) is 12.0 Å². The number of aromatic amines is 1. The van der Waals surface area contributed by atoms with Gasteiger partial charge in [-0.2, -0.15) is 0 Å². The number of para-hydroxylation sites is 1. The molecular weight excluding hydrogens is 347 g/mol. The highest BCUT2D eigenvalue weighted by molar-refractivity contribution is 7.17. The molecule has 4 rings (SSSR count). The Balaban J connectivity index is 1.81. The lowest BCUT2D eigenvalue weighted by Gasteiger charge is -2.13. The van der Waals surface area contributed by atoms with E-state index in [1.54, 1.807) is 0 Å². The van der Waals surface area contributed by atoms with Crippen LogP contribution in [0.3, 0.4) is 0 Å². The molecule has 126 valence electrons. The van der Waals surface area contributed by atoms with Crippen LogP contribution in [0.15, 0.2) is 59.1 Å². The molecule has 25 heavy (non-hydrogen) atoms. The largest absolute Gasteiger partial charge is 0.342 e. The molecule has 2 unspecified atom stereocenters. The van der Waals surface area contributed by atoms with E-state index in [1.165, 1.54) is 27.8 Å². The van der Waals surface area contributed by atoms with Crippen molar-refractivity contribution in [3.8, 4) is 0 Å². The smallest absolute Gasteiger partial charge is 0.305 e. The average molecular weight is 366 g/mol. The lowest BCUT2D eigenvalue weighted by Crippen LogP contribution is -2.19. The van der Waals surface area contributed by atoms with Crippen LogP contribution in [-0.4, -0.2) is 15.2 Å². The monoisotopic (exact) mass is 366 g/mol. The van der Waals surface area contributed by atoms with E-state index >= 15 is 0 Å². The van der Waals surface area contributed by atoms with Crippen LogP contribution in [0.5, 0.6) is 0 Å². The van der Waals surface area contributed by atoms with E-state index in [2.05, 4.69) is 68.0 Å². The Morgan fingerprint density at radius 3 is 2.96 bits per heavy atom. The number of benzene rings is 1. The first kappa shape index (κ1) is 16.3. The lowest BCUT2D eigenvalue weighted by atomic mass is 10.1. The normalized spacial score (nSPS) is 18.0. The van der Waals surface area contributed by atoms with Crippen molar-refractivity contribution in [3.05, 3.63) is 79.4 Å². The van der Waals surface area contributed by atoms with Crippen LogP contribution < -0.4 is 14.8 Å². The summed E-state index contributed by atoms with van der Waals surface area (Å²) in [7, 11) is 2.85. The van der Waals surface area contributed by atoms with Crippen molar-refractivity contribution in [1.82, 2.24) is 9.55 Å². The summed E-state index contributed by atoms with van der Waals surface area (Å²) in [5.41, 5.74) is 4.18. The molecule has 5 heteroatoms. The minimum atomic E-state index is -0.0653. The van der Waals surface area contributed by atoms with Gasteiger partial charge in [-0.25, -0.2) is 0 Å². The van der Waals surface area contributed by atoms with Crippen molar-refractivity contribution in [2.45, 2.75) is 18.6 Å². The van der Waals surface area contributed by atoms with Gasteiger partial charge in [-0.05, 0) is 29.8 Å². The van der Waals surface area contributed by atoms with Crippen molar-refractivity contribution < 1.29 is 0 Å². The van der Waals surface area contributed by atoms with Gasteiger partial charge in [0.25, 0.3) is 0 Å². The highest BCUT2D eigenvalue weighted by Crippen LogP contribution is 2.25. The Kier molecular flexibility index (Phi) is 4.32. The number of thiazole rings is 1. The summed E-state index contributed by atoms with van der Waals surface area (Å²) < 4.78 is 3.16. The topological polar surface area (TPSA) is 37.8 Å². The van der Waals surface area contributed by atoms with E-state index in [1.807, 2.05) is 12.1 Å². The summed E-state index contributed by atoms with van der Waals surface area (Å²) in [6.07, 6.45) is 12.0. The second-order valence-corrected chi connectivity index (χ2v) is 8.14. The molecule has 1 aromatic carbocycles. The number of fused-ring (bicyclic) bond motifs is 1. The number of rotatable bonds is 3. The highest BCUT2D eigenvalue weighted by atomic mass is 32.1. The molecule has 2 heterocycles. The van der Waals surface area contributed by atoms with Crippen LogP contribution in [0.4, 0.5) is 0 Å². The van der Waals surface area contributed by atoms with E-state index in [0.29, 0.717) is 11.0 Å². The Labute approximate surface area is 151 Å². The lowest BCUT2D eigenvalue weighted by molar-refractivity contribution is 0.820. The van der Waals surface area contributed by atoms with E-state index < -0.39 is 0 Å². The predicted molar refractivity (Wildman–Crippen MR) is 111 cm³/mol. The quantitative estimate of drug-likeness (QED) is 0.711. The molecule has 0 spiro atoms. The van der Waals surface area contributed by atoms with Gasteiger partial charge in [-0.15, -0.1) is 9.24 Å². The first-order chi connectivity index (χ1) is 12.1. The zero-order valence-electron chi connectivity index (χ0n) is 13.7. The Hall–Kier alpha value is -2.16. The number of nitrogens with zero attached hydrogens (tertiary/aromatic N) is 1. The van der Waals surface area contributed by atoms with E-state index in [0.717, 1.165) is 23.1 Å². The molecular formula is C20H19N2OPS. The van der Waals surface area contributed by atoms with Gasteiger partial charge in [-0.1, -0.05) is 54.3 Å². The van der Waals surface area contributed by atoms with E-state index in [4.69, 9.17) is 0 Å². The third-order valence-electron chi connectivity index (χ3n) is 4.42. The second-order valence-electron chi connectivity index (χ2n) is 6.27. The van der Waals surface area contributed by atoms with E-state index in [9.17, 15) is 4.79 Å². The van der Waals surface area contributed by atoms with Gasteiger partial charge in [0.1, 0.15) is 0 Å². The molecule has 2 aromatic heterocycles. The van der Waals surface area contributed by atoms with Crippen molar-refractivity contribution in [2.24, 2.45) is 0 Å². The molecule has 0 saturated carbocycles. The SMILES string of the molecule is C=c1[nH]c(=O)s/c1=C\c1cn(CC2=CCC(P)C=C2)c2ccccc12. The van der Waals surface area contributed by atoms with Gasteiger partial charge < -0.3 is 9.55 Å². The summed E-state index contributed by atoms with van der Waals surface area (Å²) in [6, 6.07) is 8.38. The molecule has 1 aliphatic rings. The van der Waals surface area contributed by atoms with Crippen LogP contribution in [0.2, 0.25) is 0 Å². The summed E-state index contributed by atoms with van der Waals surface area (Å²) in [6.45, 7) is 4.77. The van der Waals surface area contributed by atoms with Gasteiger partial charge in [0.15, 0.2) is 0 Å². The Bertz CT molecular complexity index is 1160. The molecule has 0 amide bonds. The third-order valence-corrected chi connectivity index (χ3v) is 5.79. The minimum Gasteiger partial charge on any atom is -0.342 e. The fraction of sp³-hybridized carbons (Fsp3) is 0.150. The molecule has 0 radical (unpaired) electrons. The van der Waals surface area contributed by atoms with Crippen molar-refractivity contribution >= 4 is 44.1 Å². The molecule has 3 aromatic rings. The zero-order valence-corrected chi connectivity index (χ0v) is 15.7. The molecule has 0 saturated heterocycles. The number of H-pyrrole nitrogens is 1. The van der Waals surface area contributed by atoms with Crippen molar-refractivity contribution in [1.29, 1.82) is 0 Å². The van der Waals surface area contributed by atoms with Crippen LogP contribution in [0.25, 0.3) is 23.6 Å². The van der Waals surface area contributed by atoms with Crippen LogP contribution in [-0.2, 0) is 6.54 Å². The number of aromatic nitrogens is 2. The summed E-state index contributed by atoms with van der Waals surface area (Å²) in [5, 5.41) is 1.86. The number of hydrogen-bond acceptors (Lipinski definition) is 2. The van der Waals surface area contributed by atoms with Crippen LogP contribution in [0, 0.1) is 0 Å². The van der Waals surface area contributed by atoms with Crippen LogP contribution >= 0.6 is 20.6 Å². The fourth-order valence-corrected chi connectivity index (χ4v) is 4.13. The second kappa shape index (κ2) is 6.62. The third kappa shape index (κ3) is 3.33. The first-order valence-corrected chi connectivity index (χ1v) is 9.69. The predicted octanol–water partition coefficient (Wildman–Crippen LogP) is 2.76. The van der Waals surface area contributed by atoms with Gasteiger partial charge in [-0.3, -0.25) is 4.79 Å². The standard InChI is InChI=1S/C20H19N2OPS/c1-13-19(25-20(23)21-13)10-15-12-22(18-5-3-2-4-17(15)18)11-14-6-8-16(24)9-7-14/h2-8,10,12,16H,1,9,11,24H2,(H,21,23)/b19-10-. The molecule has 0 aliphatic heterocycles. The van der Waals surface area contributed by atoms with Gasteiger partial charge >= 0.3 is 4.87 Å². The Morgan fingerprint density at radius 2 is 2.24 bits per heavy atom. The highest BCUT2D eigenvalue weighted by Gasteiger charge is 2.09. The van der Waals surface area contributed by atoms with Crippen molar-refractivity contribution in [2.75, 3.05) is 0 Å². The maximum absolute atomic E-state index is 11.5. The summed E-state index contributed by atoms with van der Waals surface area (Å²) in [5.74, 6) is 0. The van der Waals surface area contributed by atoms with Crippen molar-refractivity contribution in [3.63, 3.8) is 0 Å². The number of allylic oxidation sites excluding steroid dienone is 4. The first-order valence-electron chi connectivity index (χ1n) is 8.20. The molecule has 0 bridgehead atoms. The average Bonchev–Trinajstić information content (AvgIpc) is 3.10. The maximum Gasteiger partial charge on any atom is 0.305 e. The molecule has 2 atom stereocenters. The summed E-state index contributed by atoms with van der Waals surface area (Å²) >= 11 is 1.20. The fourth-order valence-electron chi connectivity index (χ4n) is 3.15. The van der Waals surface area contributed by atoms with Gasteiger partial charge in [0.2, 0.25) is 0 Å². The molecule has 1 N–H and O–H groups in total. The maximum atomic E-state index is 11.5. The van der Waals surface area contributed by atoms with Gasteiger partial charge in [0, 0.05) is 29.2 Å². The summed E-state index contributed by atoms with van der Waals surface area (Å²) in [4.78, 5) is 14.2. The molecule has 0 fully saturated rings. The number of nitrogens with one attached hydrogen (secondary N) is 1. The minimum absolute atomic E-state index is 0.0653. The molecule has 1 aliphatic carbocycles. The molecule has 3 nitrogen and oxygen atoms in total. The number of hydrogen-bond donors (Lipinski definition) is 1. The zero-order chi connectivity index (χ0) is 17.4. The van der Waals surface area contributed by atoms with E-state index in [-0.39, 0.29) is 4.87 Å².